The second-order valence-corrected chi connectivity index (χ2v) is 7.25. The maximum Gasteiger partial charge on any atom is 0.234 e. The Morgan fingerprint density at radius 1 is 1.14 bits per heavy atom. The monoisotopic (exact) mass is 432 g/mol. The summed E-state index contributed by atoms with van der Waals surface area (Å²) in [5, 5.41) is 12.4. The van der Waals surface area contributed by atoms with E-state index in [-0.39, 0.29) is 18.3 Å². The van der Waals surface area contributed by atoms with E-state index in [1.807, 2.05) is 47.9 Å². The van der Waals surface area contributed by atoms with Crippen molar-refractivity contribution in [3.8, 4) is 11.5 Å². The van der Waals surface area contributed by atoms with E-state index in [2.05, 4.69) is 15.5 Å². The van der Waals surface area contributed by atoms with Gasteiger partial charge in [0.25, 0.3) is 0 Å². The van der Waals surface area contributed by atoms with Gasteiger partial charge in [-0.25, -0.2) is 0 Å². The number of halogens is 1. The van der Waals surface area contributed by atoms with Gasteiger partial charge < -0.3 is 19.4 Å². The molecule has 1 amide bonds. The molecule has 0 atom stereocenters. The van der Waals surface area contributed by atoms with Gasteiger partial charge in [-0.1, -0.05) is 47.6 Å². The first-order valence-corrected chi connectivity index (χ1v) is 10.3. The van der Waals surface area contributed by atoms with Gasteiger partial charge in [0.2, 0.25) is 5.91 Å². The number of rotatable bonds is 9. The first-order valence-electron chi connectivity index (χ1n) is 8.97. The van der Waals surface area contributed by atoms with Crippen LogP contribution in [0.25, 0.3) is 0 Å². The second kappa shape index (κ2) is 10.2. The molecule has 0 bridgehead atoms. The molecular formula is C20H21ClN4O3S. The minimum absolute atomic E-state index is 0.166. The number of hydrogen-bond acceptors (Lipinski definition) is 6. The van der Waals surface area contributed by atoms with Crippen LogP contribution in [0.2, 0.25) is 5.02 Å². The van der Waals surface area contributed by atoms with E-state index >= 15 is 0 Å². The molecule has 0 fully saturated rings. The van der Waals surface area contributed by atoms with Crippen LogP contribution in [-0.2, 0) is 17.9 Å². The Kier molecular flexibility index (Phi) is 7.37. The van der Waals surface area contributed by atoms with Crippen molar-refractivity contribution in [1.82, 2.24) is 14.8 Å². The Morgan fingerprint density at radius 3 is 2.59 bits per heavy atom. The van der Waals surface area contributed by atoms with Gasteiger partial charge in [-0.15, -0.1) is 10.2 Å². The van der Waals surface area contributed by atoms with Crippen molar-refractivity contribution in [2.45, 2.75) is 25.2 Å². The Labute approximate surface area is 178 Å². The summed E-state index contributed by atoms with van der Waals surface area (Å²) in [5.41, 5.74) is 0.586. The lowest BCUT2D eigenvalue weighted by atomic mass is 10.3. The van der Waals surface area contributed by atoms with Crippen molar-refractivity contribution in [1.29, 1.82) is 0 Å². The summed E-state index contributed by atoms with van der Waals surface area (Å²) in [6.07, 6.45) is 0. The second-order valence-electron chi connectivity index (χ2n) is 5.90. The fourth-order valence-electron chi connectivity index (χ4n) is 2.61. The maximum atomic E-state index is 12.2. The largest absolute Gasteiger partial charge is 0.493 e. The van der Waals surface area contributed by atoms with Crippen molar-refractivity contribution in [3.63, 3.8) is 0 Å². The van der Waals surface area contributed by atoms with Gasteiger partial charge in [0.1, 0.15) is 6.61 Å². The summed E-state index contributed by atoms with van der Waals surface area (Å²) in [5.74, 6) is 1.99. The average Bonchev–Trinajstić information content (AvgIpc) is 3.14. The number of nitrogens with zero attached hydrogens (tertiary/aromatic N) is 3. The van der Waals surface area contributed by atoms with E-state index in [1.165, 1.54) is 11.8 Å². The Balaban J connectivity index is 1.60. The highest BCUT2D eigenvalue weighted by atomic mass is 35.5. The number of thioether (sulfide) groups is 1. The highest BCUT2D eigenvalue weighted by molar-refractivity contribution is 7.99. The molecule has 0 saturated heterocycles. The summed E-state index contributed by atoms with van der Waals surface area (Å²) < 4.78 is 13.0. The van der Waals surface area contributed by atoms with Crippen LogP contribution in [0.4, 0.5) is 5.69 Å². The van der Waals surface area contributed by atoms with E-state index < -0.39 is 0 Å². The van der Waals surface area contributed by atoms with Crippen molar-refractivity contribution < 1.29 is 14.3 Å². The average molecular weight is 433 g/mol. The van der Waals surface area contributed by atoms with Crippen LogP contribution in [0, 0.1) is 0 Å². The molecule has 9 heteroatoms. The number of aromatic nitrogens is 3. The lowest BCUT2D eigenvalue weighted by molar-refractivity contribution is -0.113. The van der Waals surface area contributed by atoms with E-state index in [9.17, 15) is 4.79 Å². The summed E-state index contributed by atoms with van der Waals surface area (Å²) >= 11 is 7.38. The predicted octanol–water partition coefficient (Wildman–Crippen LogP) is 4.27. The minimum Gasteiger partial charge on any atom is -0.493 e. The topological polar surface area (TPSA) is 78.3 Å². The van der Waals surface area contributed by atoms with E-state index in [1.54, 1.807) is 19.2 Å². The van der Waals surface area contributed by atoms with Crippen LogP contribution in [-0.4, -0.2) is 33.5 Å². The quantitative estimate of drug-likeness (QED) is 0.509. The van der Waals surface area contributed by atoms with Gasteiger partial charge >= 0.3 is 0 Å². The minimum atomic E-state index is -0.166. The molecule has 2 aromatic carbocycles. The van der Waals surface area contributed by atoms with Gasteiger partial charge in [-0.2, -0.15) is 0 Å². The number of amides is 1. The number of benzene rings is 2. The zero-order valence-electron chi connectivity index (χ0n) is 16.1. The normalized spacial score (nSPS) is 10.6. The molecule has 7 nitrogen and oxygen atoms in total. The van der Waals surface area contributed by atoms with Crippen LogP contribution in [0.15, 0.2) is 53.7 Å². The van der Waals surface area contributed by atoms with Crippen LogP contribution < -0.4 is 14.8 Å². The molecule has 0 unspecified atom stereocenters. The van der Waals surface area contributed by atoms with Crippen molar-refractivity contribution in [2.24, 2.45) is 0 Å². The predicted molar refractivity (Wildman–Crippen MR) is 114 cm³/mol. The summed E-state index contributed by atoms with van der Waals surface area (Å²) in [6, 6.07) is 14.5. The van der Waals surface area contributed by atoms with E-state index in [4.69, 9.17) is 21.1 Å². The third-order valence-electron chi connectivity index (χ3n) is 4.02. The summed E-state index contributed by atoms with van der Waals surface area (Å²) in [4.78, 5) is 12.2. The molecule has 0 aliphatic rings. The van der Waals surface area contributed by atoms with Crippen LogP contribution in [0.5, 0.6) is 11.5 Å². The standard InChI is InChI=1S/C20H21ClN4O3S/c1-3-25-18(12-28-17-11-7-6-10-16(17)27-2)23-24-20(25)29-13-19(26)22-15-9-5-4-8-14(15)21/h4-11H,3,12-13H2,1-2H3,(H,22,26). The fourth-order valence-corrected chi connectivity index (χ4v) is 3.61. The molecule has 1 N–H and O–H groups in total. The molecule has 152 valence electrons. The number of nitrogens with one attached hydrogen (secondary N) is 1. The number of carbonyl (C=O) groups excluding carboxylic acids is 1. The van der Waals surface area contributed by atoms with E-state index in [0.717, 1.165) is 0 Å². The number of methoxy groups -OCH3 is 1. The molecule has 0 radical (unpaired) electrons. The molecule has 1 heterocycles. The van der Waals surface area contributed by atoms with Gasteiger partial charge in [-0.05, 0) is 31.2 Å². The maximum absolute atomic E-state index is 12.2. The lowest BCUT2D eigenvalue weighted by Gasteiger charge is -2.11. The van der Waals surface area contributed by atoms with Crippen LogP contribution in [0.1, 0.15) is 12.7 Å². The SMILES string of the molecule is CCn1c(COc2ccccc2OC)nnc1SCC(=O)Nc1ccccc1Cl. The molecule has 1 aromatic heterocycles. The smallest absolute Gasteiger partial charge is 0.234 e. The molecule has 0 saturated carbocycles. The van der Waals surface area contributed by atoms with Gasteiger partial charge in [0, 0.05) is 6.54 Å². The number of hydrogen-bond donors (Lipinski definition) is 1. The highest BCUT2D eigenvalue weighted by Gasteiger charge is 2.15. The van der Waals surface area contributed by atoms with Gasteiger partial charge in [0.05, 0.1) is 23.6 Å². The summed E-state index contributed by atoms with van der Waals surface area (Å²) in [6.45, 7) is 2.89. The molecule has 0 spiro atoms. The Hall–Kier alpha value is -2.71. The summed E-state index contributed by atoms with van der Waals surface area (Å²) in [7, 11) is 1.60. The van der Waals surface area contributed by atoms with Crippen molar-refractivity contribution in [3.05, 3.63) is 59.4 Å². The van der Waals surface area contributed by atoms with Crippen LogP contribution >= 0.6 is 23.4 Å². The first kappa shape index (κ1) is 21.0. The Morgan fingerprint density at radius 2 is 1.86 bits per heavy atom. The molecule has 3 aromatic rings. The number of ether oxygens (including phenoxy) is 2. The number of para-hydroxylation sites is 3. The molecule has 0 aliphatic carbocycles. The van der Waals surface area contributed by atoms with Crippen molar-refractivity contribution in [2.75, 3.05) is 18.2 Å². The van der Waals surface area contributed by atoms with Gasteiger partial charge in [0.15, 0.2) is 22.5 Å². The number of carbonyl (C=O) groups is 1. The van der Waals surface area contributed by atoms with E-state index in [0.29, 0.717) is 39.7 Å². The third kappa shape index (κ3) is 5.42. The molecule has 0 aliphatic heterocycles. The van der Waals surface area contributed by atoms with Crippen molar-refractivity contribution >= 4 is 35.0 Å². The van der Waals surface area contributed by atoms with Crippen LogP contribution in [0.3, 0.4) is 0 Å². The van der Waals surface area contributed by atoms with Gasteiger partial charge in [-0.3, -0.25) is 4.79 Å². The zero-order chi connectivity index (χ0) is 20.6. The Bertz CT molecular complexity index is 980. The lowest BCUT2D eigenvalue weighted by Crippen LogP contribution is -2.15. The molecule has 29 heavy (non-hydrogen) atoms. The third-order valence-corrected chi connectivity index (χ3v) is 5.31. The molecule has 3 rings (SSSR count). The zero-order valence-corrected chi connectivity index (χ0v) is 17.7. The molecular weight excluding hydrogens is 412 g/mol. The first-order chi connectivity index (χ1) is 14.1. The number of anilines is 1. The fraction of sp³-hybridized carbons (Fsp3) is 0.250. The highest BCUT2D eigenvalue weighted by Crippen LogP contribution is 2.27.